The van der Waals surface area contributed by atoms with E-state index >= 15 is 0 Å². The molecule has 1 aliphatic rings. The third-order valence-electron chi connectivity index (χ3n) is 4.99. The summed E-state index contributed by atoms with van der Waals surface area (Å²) in [4.78, 5) is 4.73. The maximum atomic E-state index is 6.39. The van der Waals surface area contributed by atoms with Gasteiger partial charge in [-0.2, -0.15) is 0 Å². The fraction of sp³-hybridized carbons (Fsp3) is 0.588. The van der Waals surface area contributed by atoms with E-state index in [1.54, 1.807) is 0 Å². The van der Waals surface area contributed by atoms with Gasteiger partial charge in [-0.25, -0.2) is 4.98 Å². The summed E-state index contributed by atoms with van der Waals surface area (Å²) in [5, 5.41) is 0.602. The predicted octanol–water partition coefficient (Wildman–Crippen LogP) is 5.99. The highest BCUT2D eigenvalue weighted by molar-refractivity contribution is 6.35. The fourth-order valence-corrected chi connectivity index (χ4v) is 3.88. The number of hydrogen-bond acceptors (Lipinski definition) is 1. The zero-order chi connectivity index (χ0) is 15.1. The van der Waals surface area contributed by atoms with Crippen molar-refractivity contribution in [3.63, 3.8) is 0 Å². The Morgan fingerprint density at radius 3 is 2.67 bits per heavy atom. The molecule has 21 heavy (non-hydrogen) atoms. The van der Waals surface area contributed by atoms with E-state index in [-0.39, 0.29) is 5.38 Å². The number of hydrogen-bond donors (Lipinski definition) is 0. The highest BCUT2D eigenvalue weighted by Gasteiger charge is 2.29. The highest BCUT2D eigenvalue weighted by atomic mass is 35.5. The van der Waals surface area contributed by atoms with Crippen LogP contribution in [0.3, 0.4) is 0 Å². The molecule has 114 valence electrons. The quantitative estimate of drug-likeness (QED) is 0.620. The Balaban J connectivity index is 2.12. The Morgan fingerprint density at radius 1 is 1.24 bits per heavy atom. The molecule has 3 rings (SSSR count). The first-order valence-corrected chi connectivity index (χ1v) is 8.61. The SMILES string of the molecule is CC(Cl)c1nc2c(Cl)cccc2n1C1CCC(C)C(C)C1. The molecule has 1 aromatic carbocycles. The molecular weight excluding hydrogens is 303 g/mol. The van der Waals surface area contributed by atoms with Gasteiger partial charge in [0.2, 0.25) is 0 Å². The maximum absolute atomic E-state index is 6.39. The largest absolute Gasteiger partial charge is 0.324 e. The lowest BCUT2D eigenvalue weighted by atomic mass is 9.79. The van der Waals surface area contributed by atoms with Crippen LogP contribution < -0.4 is 0 Å². The number of imidazole rings is 1. The second-order valence-electron chi connectivity index (χ2n) is 6.49. The number of benzene rings is 1. The number of rotatable bonds is 2. The second kappa shape index (κ2) is 5.81. The van der Waals surface area contributed by atoms with Crippen LogP contribution in [-0.2, 0) is 0 Å². The smallest absolute Gasteiger partial charge is 0.128 e. The maximum Gasteiger partial charge on any atom is 0.128 e. The topological polar surface area (TPSA) is 17.8 Å². The van der Waals surface area contributed by atoms with Crippen LogP contribution in [0.25, 0.3) is 11.0 Å². The minimum absolute atomic E-state index is 0.108. The van der Waals surface area contributed by atoms with Gasteiger partial charge in [0.1, 0.15) is 11.3 Å². The Morgan fingerprint density at radius 2 is 2.00 bits per heavy atom. The molecule has 0 amide bonds. The molecule has 4 unspecified atom stereocenters. The summed E-state index contributed by atoms with van der Waals surface area (Å²) in [5.41, 5.74) is 2.00. The van der Waals surface area contributed by atoms with E-state index in [1.165, 1.54) is 19.3 Å². The van der Waals surface area contributed by atoms with Gasteiger partial charge in [-0.1, -0.05) is 31.5 Å². The molecule has 0 aliphatic heterocycles. The average molecular weight is 325 g/mol. The number of fused-ring (bicyclic) bond motifs is 1. The molecule has 1 saturated carbocycles. The van der Waals surface area contributed by atoms with Gasteiger partial charge >= 0.3 is 0 Å². The minimum Gasteiger partial charge on any atom is -0.324 e. The molecule has 4 heteroatoms. The molecule has 4 atom stereocenters. The molecule has 1 heterocycles. The van der Waals surface area contributed by atoms with Gasteiger partial charge in [-0.15, -0.1) is 11.6 Å². The molecule has 1 aliphatic carbocycles. The zero-order valence-corrected chi connectivity index (χ0v) is 14.3. The summed E-state index contributed by atoms with van der Waals surface area (Å²) >= 11 is 12.7. The predicted molar refractivity (Wildman–Crippen MR) is 90.2 cm³/mol. The van der Waals surface area contributed by atoms with Crippen molar-refractivity contribution in [2.45, 2.75) is 51.5 Å². The van der Waals surface area contributed by atoms with Crippen LogP contribution in [0.1, 0.15) is 57.3 Å². The van der Waals surface area contributed by atoms with E-state index in [4.69, 9.17) is 28.2 Å². The summed E-state index contributed by atoms with van der Waals surface area (Å²) in [5.74, 6) is 2.49. The molecule has 1 fully saturated rings. The first-order valence-electron chi connectivity index (χ1n) is 7.79. The third kappa shape index (κ3) is 2.68. The van der Waals surface area contributed by atoms with Crippen molar-refractivity contribution < 1.29 is 0 Å². The van der Waals surface area contributed by atoms with Crippen molar-refractivity contribution in [2.24, 2.45) is 11.8 Å². The van der Waals surface area contributed by atoms with E-state index in [0.717, 1.165) is 28.7 Å². The Kier molecular flexibility index (Phi) is 4.20. The van der Waals surface area contributed by atoms with Gasteiger partial charge in [0.15, 0.2) is 0 Å². The molecule has 0 spiro atoms. The number of para-hydroxylation sites is 1. The Hall–Kier alpha value is -0.730. The molecule has 0 radical (unpaired) electrons. The third-order valence-corrected chi connectivity index (χ3v) is 5.49. The Bertz CT molecular complexity index is 648. The van der Waals surface area contributed by atoms with Crippen molar-refractivity contribution >= 4 is 34.2 Å². The van der Waals surface area contributed by atoms with Crippen molar-refractivity contribution in [3.05, 3.63) is 29.0 Å². The van der Waals surface area contributed by atoms with E-state index in [1.807, 2.05) is 19.1 Å². The van der Waals surface area contributed by atoms with Gasteiger partial charge in [0.25, 0.3) is 0 Å². The van der Waals surface area contributed by atoms with Crippen LogP contribution in [0.15, 0.2) is 18.2 Å². The molecule has 0 saturated heterocycles. The second-order valence-corrected chi connectivity index (χ2v) is 7.55. The summed E-state index contributed by atoms with van der Waals surface area (Å²) < 4.78 is 2.35. The van der Waals surface area contributed by atoms with E-state index in [2.05, 4.69) is 24.5 Å². The normalized spacial score (nSPS) is 28.0. The molecular formula is C17H22Cl2N2. The van der Waals surface area contributed by atoms with Crippen molar-refractivity contribution in [2.75, 3.05) is 0 Å². The highest BCUT2D eigenvalue weighted by Crippen LogP contribution is 2.40. The van der Waals surface area contributed by atoms with E-state index in [9.17, 15) is 0 Å². The van der Waals surface area contributed by atoms with Crippen LogP contribution in [0.2, 0.25) is 5.02 Å². The standard InChI is InChI=1S/C17H22Cl2N2/c1-10-7-8-13(9-11(10)2)21-15-6-4-5-14(19)16(15)20-17(21)12(3)18/h4-6,10-13H,7-9H2,1-3H3. The molecule has 0 bridgehead atoms. The van der Waals surface area contributed by atoms with Gasteiger partial charge in [0, 0.05) is 6.04 Å². The monoisotopic (exact) mass is 324 g/mol. The molecule has 2 nitrogen and oxygen atoms in total. The Labute approximate surface area is 136 Å². The van der Waals surface area contributed by atoms with Crippen molar-refractivity contribution in [1.29, 1.82) is 0 Å². The van der Waals surface area contributed by atoms with Crippen molar-refractivity contribution in [3.8, 4) is 0 Å². The van der Waals surface area contributed by atoms with Gasteiger partial charge in [0.05, 0.1) is 15.9 Å². The van der Waals surface area contributed by atoms with Crippen LogP contribution >= 0.6 is 23.2 Å². The molecule has 0 N–H and O–H groups in total. The number of halogens is 2. The first kappa shape index (κ1) is 15.2. The summed E-state index contributed by atoms with van der Waals surface area (Å²) in [7, 11) is 0. The van der Waals surface area contributed by atoms with E-state index in [0.29, 0.717) is 11.1 Å². The minimum atomic E-state index is -0.108. The number of nitrogens with zero attached hydrogens (tertiary/aromatic N) is 2. The van der Waals surface area contributed by atoms with Crippen molar-refractivity contribution in [1.82, 2.24) is 9.55 Å². The average Bonchev–Trinajstić information content (AvgIpc) is 2.83. The van der Waals surface area contributed by atoms with Gasteiger partial charge in [-0.05, 0) is 50.2 Å². The fourth-order valence-electron chi connectivity index (χ4n) is 3.52. The molecule has 2 aromatic rings. The number of alkyl halides is 1. The zero-order valence-electron chi connectivity index (χ0n) is 12.8. The molecule has 1 aromatic heterocycles. The summed E-state index contributed by atoms with van der Waals surface area (Å²) in [6.45, 7) is 6.70. The van der Waals surface area contributed by atoms with Gasteiger partial charge < -0.3 is 4.57 Å². The summed E-state index contributed by atoms with van der Waals surface area (Å²) in [6, 6.07) is 6.49. The lowest BCUT2D eigenvalue weighted by molar-refractivity contribution is 0.211. The first-order chi connectivity index (χ1) is 9.99. The van der Waals surface area contributed by atoms with Crippen LogP contribution in [0, 0.1) is 11.8 Å². The number of aromatic nitrogens is 2. The summed E-state index contributed by atoms with van der Waals surface area (Å²) in [6.07, 6.45) is 3.65. The van der Waals surface area contributed by atoms with Gasteiger partial charge in [-0.3, -0.25) is 0 Å². The van der Waals surface area contributed by atoms with E-state index < -0.39 is 0 Å². The van der Waals surface area contributed by atoms with Crippen LogP contribution in [-0.4, -0.2) is 9.55 Å². The lowest BCUT2D eigenvalue weighted by Gasteiger charge is -2.34. The lowest BCUT2D eigenvalue weighted by Crippen LogP contribution is -2.24. The van der Waals surface area contributed by atoms with Crippen LogP contribution in [0.4, 0.5) is 0 Å². The van der Waals surface area contributed by atoms with Crippen LogP contribution in [0.5, 0.6) is 0 Å².